The van der Waals surface area contributed by atoms with Gasteiger partial charge in [0.2, 0.25) is 0 Å². The van der Waals surface area contributed by atoms with Crippen LogP contribution in [0.25, 0.3) is 0 Å². The standard InChI is InChI=1S/C16H20BrFN4S/c1-3-13-9-20-15(23-13)10-22-16(19-4-2)21-8-11-7-12(18)5-6-14(11)17/h5-7,9H,3-4,8,10H2,1-2H3,(H2,19,21,22). The first kappa shape index (κ1) is 17.9. The van der Waals surface area contributed by atoms with E-state index in [9.17, 15) is 4.39 Å². The van der Waals surface area contributed by atoms with Crippen LogP contribution in [0.5, 0.6) is 0 Å². The number of nitrogens with one attached hydrogen (secondary N) is 2. The lowest BCUT2D eigenvalue weighted by Gasteiger charge is -2.10. The normalized spacial score (nSPS) is 11.6. The first-order valence-corrected chi connectivity index (χ1v) is 9.13. The van der Waals surface area contributed by atoms with Gasteiger partial charge in [0.05, 0.1) is 13.1 Å². The minimum atomic E-state index is -0.258. The van der Waals surface area contributed by atoms with Gasteiger partial charge >= 0.3 is 0 Å². The molecule has 0 aliphatic rings. The third-order valence-electron chi connectivity index (χ3n) is 3.12. The Hall–Kier alpha value is -1.47. The molecule has 0 aliphatic heterocycles. The van der Waals surface area contributed by atoms with Crippen molar-refractivity contribution in [2.45, 2.75) is 33.4 Å². The summed E-state index contributed by atoms with van der Waals surface area (Å²) >= 11 is 5.12. The second kappa shape index (κ2) is 8.98. The van der Waals surface area contributed by atoms with E-state index in [0.717, 1.165) is 28.0 Å². The first-order valence-electron chi connectivity index (χ1n) is 7.52. The van der Waals surface area contributed by atoms with Crippen LogP contribution in [0.4, 0.5) is 4.39 Å². The highest BCUT2D eigenvalue weighted by Gasteiger charge is 2.04. The van der Waals surface area contributed by atoms with Gasteiger partial charge in [-0.2, -0.15) is 0 Å². The molecule has 0 radical (unpaired) electrons. The van der Waals surface area contributed by atoms with Crippen molar-refractivity contribution < 1.29 is 4.39 Å². The van der Waals surface area contributed by atoms with Crippen LogP contribution >= 0.6 is 27.3 Å². The predicted molar refractivity (Wildman–Crippen MR) is 97.2 cm³/mol. The average Bonchev–Trinajstić information content (AvgIpc) is 3.01. The molecule has 23 heavy (non-hydrogen) atoms. The molecule has 1 heterocycles. The number of aromatic nitrogens is 1. The molecule has 0 bridgehead atoms. The molecule has 124 valence electrons. The third-order valence-corrected chi connectivity index (χ3v) is 5.03. The number of benzene rings is 1. The number of hydrogen-bond acceptors (Lipinski definition) is 3. The quantitative estimate of drug-likeness (QED) is 0.573. The smallest absolute Gasteiger partial charge is 0.191 e. The molecule has 7 heteroatoms. The van der Waals surface area contributed by atoms with E-state index in [0.29, 0.717) is 19.0 Å². The van der Waals surface area contributed by atoms with E-state index in [-0.39, 0.29) is 5.82 Å². The van der Waals surface area contributed by atoms with Crippen molar-refractivity contribution in [2.24, 2.45) is 4.99 Å². The number of aryl methyl sites for hydroxylation is 1. The Labute approximate surface area is 148 Å². The fraction of sp³-hybridized carbons (Fsp3) is 0.375. The maximum absolute atomic E-state index is 13.3. The highest BCUT2D eigenvalue weighted by Crippen LogP contribution is 2.18. The van der Waals surface area contributed by atoms with Gasteiger partial charge in [-0.25, -0.2) is 14.4 Å². The number of rotatable bonds is 6. The number of nitrogens with zero attached hydrogens (tertiary/aromatic N) is 2. The van der Waals surface area contributed by atoms with Gasteiger partial charge in [0.25, 0.3) is 0 Å². The fourth-order valence-corrected chi connectivity index (χ4v) is 3.10. The molecule has 0 unspecified atom stereocenters. The number of hydrogen-bond donors (Lipinski definition) is 2. The maximum atomic E-state index is 13.3. The van der Waals surface area contributed by atoms with E-state index in [4.69, 9.17) is 0 Å². The molecule has 1 aromatic carbocycles. The Balaban J connectivity index is 2.00. The molecule has 2 N–H and O–H groups in total. The van der Waals surface area contributed by atoms with Crippen LogP contribution in [0.1, 0.15) is 29.3 Å². The molecule has 0 aliphatic carbocycles. The zero-order valence-electron chi connectivity index (χ0n) is 13.2. The second-order valence-corrected chi connectivity index (χ2v) is 6.91. The van der Waals surface area contributed by atoms with Gasteiger partial charge in [-0.05, 0) is 37.1 Å². The van der Waals surface area contributed by atoms with E-state index in [1.165, 1.54) is 17.0 Å². The van der Waals surface area contributed by atoms with Crippen molar-refractivity contribution in [3.05, 3.63) is 50.1 Å². The molecule has 0 fully saturated rings. The zero-order chi connectivity index (χ0) is 16.7. The summed E-state index contributed by atoms with van der Waals surface area (Å²) in [5.74, 6) is 0.433. The Morgan fingerprint density at radius 3 is 2.87 bits per heavy atom. The Morgan fingerprint density at radius 2 is 2.17 bits per heavy atom. The second-order valence-electron chi connectivity index (χ2n) is 4.86. The van der Waals surface area contributed by atoms with Crippen LogP contribution in [-0.2, 0) is 19.5 Å². The molecule has 0 amide bonds. The summed E-state index contributed by atoms with van der Waals surface area (Å²) < 4.78 is 14.2. The van der Waals surface area contributed by atoms with E-state index >= 15 is 0 Å². The van der Waals surface area contributed by atoms with Crippen LogP contribution in [0.2, 0.25) is 0 Å². The summed E-state index contributed by atoms with van der Waals surface area (Å²) in [4.78, 5) is 10.2. The van der Waals surface area contributed by atoms with Crippen molar-refractivity contribution in [2.75, 3.05) is 6.54 Å². The highest BCUT2D eigenvalue weighted by molar-refractivity contribution is 9.10. The monoisotopic (exact) mass is 398 g/mol. The number of aliphatic imine (C=N–C) groups is 1. The van der Waals surface area contributed by atoms with E-state index in [2.05, 4.69) is 43.5 Å². The van der Waals surface area contributed by atoms with E-state index in [1.54, 1.807) is 17.4 Å². The topological polar surface area (TPSA) is 49.3 Å². The molecule has 2 rings (SSSR count). The van der Waals surface area contributed by atoms with Gasteiger partial charge in [-0.15, -0.1) is 11.3 Å². The largest absolute Gasteiger partial charge is 0.357 e. The lowest BCUT2D eigenvalue weighted by Crippen LogP contribution is -2.36. The van der Waals surface area contributed by atoms with Crippen molar-refractivity contribution in [1.29, 1.82) is 0 Å². The van der Waals surface area contributed by atoms with Gasteiger partial charge in [-0.3, -0.25) is 0 Å². The molecule has 0 saturated carbocycles. The fourth-order valence-electron chi connectivity index (χ4n) is 1.92. The Kier molecular flexibility index (Phi) is 6.98. The van der Waals surface area contributed by atoms with Crippen molar-refractivity contribution in [1.82, 2.24) is 15.6 Å². The van der Waals surface area contributed by atoms with Gasteiger partial charge in [0.15, 0.2) is 5.96 Å². The molecular weight excluding hydrogens is 379 g/mol. The number of thiazole rings is 1. The van der Waals surface area contributed by atoms with Gasteiger partial charge < -0.3 is 10.6 Å². The molecule has 1 aromatic heterocycles. The first-order chi connectivity index (χ1) is 11.1. The number of guanidine groups is 1. The summed E-state index contributed by atoms with van der Waals surface area (Å²) in [6, 6.07) is 4.61. The van der Waals surface area contributed by atoms with E-state index < -0.39 is 0 Å². The summed E-state index contributed by atoms with van der Waals surface area (Å²) in [5, 5.41) is 7.47. The van der Waals surface area contributed by atoms with Crippen LogP contribution in [0.3, 0.4) is 0 Å². The van der Waals surface area contributed by atoms with Crippen molar-refractivity contribution >= 4 is 33.2 Å². The average molecular weight is 399 g/mol. The lowest BCUT2D eigenvalue weighted by molar-refractivity contribution is 0.625. The summed E-state index contributed by atoms with van der Waals surface area (Å²) in [7, 11) is 0. The summed E-state index contributed by atoms with van der Waals surface area (Å²) in [6.45, 7) is 5.90. The van der Waals surface area contributed by atoms with Gasteiger partial charge in [0.1, 0.15) is 10.8 Å². The van der Waals surface area contributed by atoms with Gasteiger partial charge in [0, 0.05) is 22.1 Å². The Morgan fingerprint density at radius 1 is 1.35 bits per heavy atom. The zero-order valence-corrected chi connectivity index (χ0v) is 15.6. The van der Waals surface area contributed by atoms with Crippen molar-refractivity contribution in [3.63, 3.8) is 0 Å². The van der Waals surface area contributed by atoms with Crippen LogP contribution in [-0.4, -0.2) is 17.5 Å². The van der Waals surface area contributed by atoms with Crippen LogP contribution in [0, 0.1) is 5.82 Å². The van der Waals surface area contributed by atoms with Crippen LogP contribution in [0.15, 0.2) is 33.9 Å². The highest BCUT2D eigenvalue weighted by atomic mass is 79.9. The maximum Gasteiger partial charge on any atom is 0.191 e. The number of halogens is 2. The predicted octanol–water partition coefficient (Wildman–Crippen LogP) is 3.86. The van der Waals surface area contributed by atoms with Crippen molar-refractivity contribution in [3.8, 4) is 0 Å². The molecule has 0 atom stereocenters. The molecule has 0 saturated heterocycles. The Bertz CT molecular complexity index is 672. The molecule has 2 aromatic rings. The lowest BCUT2D eigenvalue weighted by atomic mass is 10.2. The third kappa shape index (κ3) is 5.58. The molecule has 0 spiro atoms. The van der Waals surface area contributed by atoms with E-state index in [1.807, 2.05) is 13.1 Å². The molecule has 4 nitrogen and oxygen atoms in total. The SMILES string of the molecule is CCNC(=NCc1cc(F)ccc1Br)NCc1ncc(CC)s1. The molecular formula is C16H20BrFN4S. The van der Waals surface area contributed by atoms with Crippen LogP contribution < -0.4 is 10.6 Å². The summed E-state index contributed by atoms with van der Waals surface area (Å²) in [5.41, 5.74) is 0.810. The van der Waals surface area contributed by atoms with Gasteiger partial charge in [-0.1, -0.05) is 22.9 Å². The minimum Gasteiger partial charge on any atom is -0.357 e. The summed E-state index contributed by atoms with van der Waals surface area (Å²) in [6.07, 6.45) is 2.91. The minimum absolute atomic E-state index is 0.258.